The lowest BCUT2D eigenvalue weighted by atomic mass is 9.95. The molecule has 1 heterocycles. The number of nitrogens with zero attached hydrogens (tertiary/aromatic N) is 2. The summed E-state index contributed by atoms with van der Waals surface area (Å²) in [6, 6.07) is 5.59. The van der Waals surface area contributed by atoms with Gasteiger partial charge in [0.15, 0.2) is 0 Å². The fourth-order valence-electron chi connectivity index (χ4n) is 2.05. The van der Waals surface area contributed by atoms with Gasteiger partial charge >= 0.3 is 5.69 Å². The average molecular weight is 228 g/mol. The maximum absolute atomic E-state index is 12.2. The number of aromatic nitrogens is 2. The maximum atomic E-state index is 12.2. The summed E-state index contributed by atoms with van der Waals surface area (Å²) in [5, 5.41) is 0. The van der Waals surface area contributed by atoms with Crippen LogP contribution in [0.15, 0.2) is 23.0 Å². The molecule has 2 aromatic rings. The first-order valence-electron chi connectivity index (χ1n) is 5.74. The molecule has 88 valence electrons. The number of benzene rings is 1. The van der Waals surface area contributed by atoms with E-state index in [-0.39, 0.29) is 11.1 Å². The summed E-state index contributed by atoms with van der Waals surface area (Å²) in [4.78, 5) is 12.2. The van der Waals surface area contributed by atoms with E-state index in [0.29, 0.717) is 12.0 Å². The Kier molecular flexibility index (Phi) is 2.68. The first-order chi connectivity index (χ1) is 7.79. The highest BCUT2D eigenvalue weighted by Crippen LogP contribution is 2.19. The lowest BCUT2D eigenvalue weighted by Gasteiger charge is -2.18. The van der Waals surface area contributed by atoms with Crippen molar-refractivity contribution < 1.29 is 0 Å². The molecule has 0 aliphatic heterocycles. The molecule has 2 rings (SSSR count). The van der Waals surface area contributed by atoms with Gasteiger partial charge in [0, 0.05) is 13.6 Å². The van der Waals surface area contributed by atoms with Crippen molar-refractivity contribution in [3.8, 4) is 0 Å². The minimum absolute atomic E-state index is 0.0144. The van der Waals surface area contributed by atoms with Crippen LogP contribution in [0.4, 0.5) is 0 Å². The van der Waals surface area contributed by atoms with Crippen LogP contribution in [-0.4, -0.2) is 17.0 Å². The summed E-state index contributed by atoms with van der Waals surface area (Å²) in [7, 11) is 7.54. The van der Waals surface area contributed by atoms with Gasteiger partial charge in [0.05, 0.1) is 11.0 Å². The van der Waals surface area contributed by atoms with Gasteiger partial charge in [0.25, 0.3) is 0 Å². The molecule has 0 spiro atoms. The monoisotopic (exact) mass is 228 g/mol. The van der Waals surface area contributed by atoms with E-state index in [1.807, 2.05) is 22.8 Å². The minimum atomic E-state index is 0.0144. The van der Waals surface area contributed by atoms with Gasteiger partial charge in [0.1, 0.15) is 7.85 Å². The summed E-state index contributed by atoms with van der Waals surface area (Å²) in [5.74, 6) is 0. The van der Waals surface area contributed by atoms with Crippen LogP contribution in [-0.2, 0) is 13.6 Å². The largest absolute Gasteiger partial charge is 0.328 e. The van der Waals surface area contributed by atoms with Crippen molar-refractivity contribution in [1.29, 1.82) is 0 Å². The second-order valence-corrected chi connectivity index (χ2v) is 5.74. The Balaban J connectivity index is 2.72. The first-order valence-corrected chi connectivity index (χ1v) is 5.74. The summed E-state index contributed by atoms with van der Waals surface area (Å²) in [6.07, 6.45) is 0. The highest BCUT2D eigenvalue weighted by Gasteiger charge is 2.17. The van der Waals surface area contributed by atoms with Crippen LogP contribution < -0.4 is 11.2 Å². The zero-order valence-electron chi connectivity index (χ0n) is 10.8. The molecule has 0 aliphatic rings. The van der Waals surface area contributed by atoms with E-state index >= 15 is 0 Å². The molecular weight excluding hydrogens is 211 g/mol. The standard InChI is InChI=1S/C13H17BN2O/c1-13(2,3)8-16-10-6-5-9(14)7-11(10)15(4)12(16)17/h5-7H,8H2,1-4H3. The van der Waals surface area contributed by atoms with Crippen LogP contribution in [0.1, 0.15) is 20.8 Å². The molecule has 1 aromatic carbocycles. The number of rotatable bonds is 1. The Morgan fingerprint density at radius 3 is 2.47 bits per heavy atom. The third-order valence-electron chi connectivity index (χ3n) is 2.80. The van der Waals surface area contributed by atoms with Crippen LogP contribution in [0.25, 0.3) is 11.0 Å². The zero-order valence-corrected chi connectivity index (χ0v) is 10.8. The first kappa shape index (κ1) is 12.0. The van der Waals surface area contributed by atoms with Crippen LogP contribution >= 0.6 is 0 Å². The zero-order chi connectivity index (χ0) is 12.8. The van der Waals surface area contributed by atoms with Crippen molar-refractivity contribution in [3.05, 3.63) is 28.7 Å². The minimum Gasteiger partial charge on any atom is -0.295 e. The molecule has 17 heavy (non-hydrogen) atoms. The maximum Gasteiger partial charge on any atom is 0.328 e. The summed E-state index contributed by atoms with van der Waals surface area (Å²) in [5.41, 5.74) is 2.60. The van der Waals surface area contributed by atoms with Gasteiger partial charge in [-0.05, 0) is 17.5 Å². The van der Waals surface area contributed by atoms with Gasteiger partial charge in [-0.25, -0.2) is 4.79 Å². The Morgan fingerprint density at radius 2 is 1.88 bits per heavy atom. The second-order valence-electron chi connectivity index (χ2n) is 5.74. The van der Waals surface area contributed by atoms with Crippen LogP contribution in [0.3, 0.4) is 0 Å². The van der Waals surface area contributed by atoms with Gasteiger partial charge in [-0.1, -0.05) is 32.3 Å². The van der Waals surface area contributed by atoms with E-state index in [9.17, 15) is 4.79 Å². The molecular formula is C13H17BN2O. The third-order valence-corrected chi connectivity index (χ3v) is 2.80. The van der Waals surface area contributed by atoms with Crippen molar-refractivity contribution in [2.24, 2.45) is 12.5 Å². The highest BCUT2D eigenvalue weighted by molar-refractivity contribution is 6.33. The van der Waals surface area contributed by atoms with Crippen molar-refractivity contribution >= 4 is 24.3 Å². The third kappa shape index (κ3) is 2.16. The molecule has 2 radical (unpaired) electrons. The average Bonchev–Trinajstić information content (AvgIpc) is 2.42. The van der Waals surface area contributed by atoms with E-state index in [0.717, 1.165) is 11.0 Å². The summed E-state index contributed by atoms with van der Waals surface area (Å²) < 4.78 is 3.46. The van der Waals surface area contributed by atoms with E-state index in [4.69, 9.17) is 7.85 Å². The SMILES string of the molecule is [B]c1ccc2c(c1)n(C)c(=O)n2CC(C)(C)C. The van der Waals surface area contributed by atoms with Gasteiger partial charge in [-0.15, -0.1) is 0 Å². The number of hydrogen-bond donors (Lipinski definition) is 0. The Morgan fingerprint density at radius 1 is 1.24 bits per heavy atom. The number of aryl methyl sites for hydroxylation is 1. The van der Waals surface area contributed by atoms with Gasteiger partial charge in [-0.2, -0.15) is 0 Å². The molecule has 0 unspecified atom stereocenters. The molecule has 0 bridgehead atoms. The van der Waals surface area contributed by atoms with E-state index < -0.39 is 0 Å². The molecule has 4 heteroatoms. The molecule has 0 saturated carbocycles. The van der Waals surface area contributed by atoms with Crippen LogP contribution in [0.5, 0.6) is 0 Å². The van der Waals surface area contributed by atoms with E-state index in [2.05, 4.69) is 20.8 Å². The lowest BCUT2D eigenvalue weighted by Crippen LogP contribution is -2.27. The van der Waals surface area contributed by atoms with Gasteiger partial charge in [-0.3, -0.25) is 9.13 Å². The van der Waals surface area contributed by atoms with Crippen molar-refractivity contribution in [2.75, 3.05) is 0 Å². The Hall–Kier alpha value is -1.45. The normalized spacial score (nSPS) is 12.2. The number of fused-ring (bicyclic) bond motifs is 1. The smallest absolute Gasteiger partial charge is 0.295 e. The van der Waals surface area contributed by atoms with Crippen LogP contribution in [0.2, 0.25) is 0 Å². The molecule has 3 nitrogen and oxygen atoms in total. The molecule has 0 saturated heterocycles. The van der Waals surface area contributed by atoms with Crippen LogP contribution in [0, 0.1) is 5.41 Å². The Labute approximate surface area is 102 Å². The summed E-state index contributed by atoms with van der Waals surface area (Å²) in [6.45, 7) is 7.06. The van der Waals surface area contributed by atoms with Gasteiger partial charge < -0.3 is 0 Å². The van der Waals surface area contributed by atoms with Gasteiger partial charge in [0.2, 0.25) is 0 Å². The molecule has 0 fully saturated rings. The predicted octanol–water partition coefficient (Wildman–Crippen LogP) is 1.18. The topological polar surface area (TPSA) is 26.9 Å². The second kappa shape index (κ2) is 3.79. The predicted molar refractivity (Wildman–Crippen MR) is 72.0 cm³/mol. The van der Waals surface area contributed by atoms with Crippen molar-refractivity contribution in [3.63, 3.8) is 0 Å². The quantitative estimate of drug-likeness (QED) is 0.673. The van der Waals surface area contributed by atoms with Crippen molar-refractivity contribution in [2.45, 2.75) is 27.3 Å². The van der Waals surface area contributed by atoms with E-state index in [1.165, 1.54) is 0 Å². The number of hydrogen-bond acceptors (Lipinski definition) is 1. The van der Waals surface area contributed by atoms with Crippen molar-refractivity contribution in [1.82, 2.24) is 9.13 Å². The Bertz CT molecular complexity index is 617. The number of imidazole rings is 1. The lowest BCUT2D eigenvalue weighted by molar-refractivity contribution is 0.342. The summed E-state index contributed by atoms with van der Waals surface area (Å²) >= 11 is 0. The fourth-order valence-corrected chi connectivity index (χ4v) is 2.05. The fraction of sp³-hybridized carbons (Fsp3) is 0.462. The molecule has 0 aliphatic carbocycles. The van der Waals surface area contributed by atoms with E-state index in [1.54, 1.807) is 11.6 Å². The highest BCUT2D eigenvalue weighted by atomic mass is 16.1. The molecule has 0 atom stereocenters. The molecule has 0 amide bonds. The molecule has 0 N–H and O–H groups in total. The molecule has 1 aromatic heterocycles.